The molecule has 1 rings (SSSR count). The van der Waals surface area contributed by atoms with Crippen molar-refractivity contribution >= 4 is 20.1 Å². The molecule has 21 heavy (non-hydrogen) atoms. The standard InChI is InChI=1S/C15H28O5Si/c1-14(2,3)21(5,6)20-15(10-7-11-19-15)12(16)8-9-13(17)18-4/h7-11H2,1-6H3/t15-/m1/s1. The Morgan fingerprint density at radius 2 is 1.86 bits per heavy atom. The zero-order chi connectivity index (χ0) is 16.3. The summed E-state index contributed by atoms with van der Waals surface area (Å²) in [5.74, 6) is -1.68. The van der Waals surface area contributed by atoms with Crippen molar-refractivity contribution in [3.05, 3.63) is 0 Å². The van der Waals surface area contributed by atoms with Crippen molar-refractivity contribution in [2.24, 2.45) is 0 Å². The Hall–Kier alpha value is -0.723. The molecule has 0 aromatic rings. The summed E-state index contributed by atoms with van der Waals surface area (Å²) in [6, 6.07) is 0. The minimum Gasteiger partial charge on any atom is -0.469 e. The quantitative estimate of drug-likeness (QED) is 0.557. The summed E-state index contributed by atoms with van der Waals surface area (Å²) in [5, 5.41) is -0.00538. The highest BCUT2D eigenvalue weighted by molar-refractivity contribution is 6.74. The van der Waals surface area contributed by atoms with E-state index in [1.54, 1.807) is 0 Å². The third kappa shape index (κ3) is 4.37. The van der Waals surface area contributed by atoms with Crippen LogP contribution in [0.15, 0.2) is 0 Å². The van der Waals surface area contributed by atoms with E-state index in [-0.39, 0.29) is 29.6 Å². The van der Waals surface area contributed by atoms with E-state index < -0.39 is 14.1 Å². The van der Waals surface area contributed by atoms with Crippen LogP contribution < -0.4 is 0 Å². The Kier molecular flexibility index (Phi) is 5.74. The Morgan fingerprint density at radius 1 is 1.24 bits per heavy atom. The van der Waals surface area contributed by atoms with E-state index in [1.807, 2.05) is 0 Å². The monoisotopic (exact) mass is 316 g/mol. The first-order valence-electron chi connectivity index (χ1n) is 7.48. The molecule has 0 N–H and O–H groups in total. The molecule has 0 bridgehead atoms. The van der Waals surface area contributed by atoms with Crippen LogP contribution in [0.1, 0.15) is 46.5 Å². The first-order valence-corrected chi connectivity index (χ1v) is 10.4. The minimum absolute atomic E-state index is 0.00538. The number of carbonyl (C=O) groups is 2. The molecule has 5 nitrogen and oxygen atoms in total. The van der Waals surface area contributed by atoms with Crippen molar-refractivity contribution in [2.75, 3.05) is 13.7 Å². The molecule has 1 fully saturated rings. The summed E-state index contributed by atoms with van der Waals surface area (Å²) < 4.78 is 16.6. The Bertz CT molecular complexity index is 391. The van der Waals surface area contributed by atoms with Gasteiger partial charge in [-0.05, 0) is 24.6 Å². The fraction of sp³-hybridized carbons (Fsp3) is 0.867. The van der Waals surface area contributed by atoms with Crippen molar-refractivity contribution in [3.8, 4) is 0 Å². The fourth-order valence-corrected chi connectivity index (χ4v) is 3.45. The van der Waals surface area contributed by atoms with Gasteiger partial charge in [0.15, 0.2) is 14.1 Å². The topological polar surface area (TPSA) is 61.8 Å². The molecule has 0 aromatic carbocycles. The van der Waals surface area contributed by atoms with Crippen molar-refractivity contribution < 1.29 is 23.5 Å². The SMILES string of the molecule is COC(=O)CCC(=O)[C@]1(O[Si](C)(C)C(C)(C)C)CCCO1. The van der Waals surface area contributed by atoms with Crippen LogP contribution in [0.2, 0.25) is 18.1 Å². The van der Waals surface area contributed by atoms with Crippen LogP contribution in [0.4, 0.5) is 0 Å². The van der Waals surface area contributed by atoms with Crippen molar-refractivity contribution in [3.63, 3.8) is 0 Å². The first kappa shape index (κ1) is 18.3. The second-order valence-electron chi connectivity index (χ2n) is 7.07. The summed E-state index contributed by atoms with van der Waals surface area (Å²) in [6.07, 6.45) is 1.54. The molecule has 0 aliphatic carbocycles. The van der Waals surface area contributed by atoms with E-state index in [1.165, 1.54) is 7.11 Å². The number of hydrogen-bond donors (Lipinski definition) is 0. The second-order valence-corrected chi connectivity index (χ2v) is 11.8. The molecule has 0 spiro atoms. The van der Waals surface area contributed by atoms with Gasteiger partial charge >= 0.3 is 5.97 Å². The predicted molar refractivity (Wildman–Crippen MR) is 82.5 cm³/mol. The highest BCUT2D eigenvalue weighted by Crippen LogP contribution is 2.42. The number of rotatable bonds is 6. The van der Waals surface area contributed by atoms with Crippen molar-refractivity contribution in [1.29, 1.82) is 0 Å². The van der Waals surface area contributed by atoms with Gasteiger partial charge in [-0.15, -0.1) is 0 Å². The molecular weight excluding hydrogens is 288 g/mol. The molecule has 1 aliphatic heterocycles. The van der Waals surface area contributed by atoms with Crippen LogP contribution in [-0.2, 0) is 23.5 Å². The third-order valence-corrected chi connectivity index (χ3v) is 8.87. The van der Waals surface area contributed by atoms with Gasteiger partial charge in [-0.2, -0.15) is 0 Å². The summed E-state index contributed by atoms with van der Waals surface area (Å²) in [4.78, 5) is 23.8. The Labute approximate surface area is 128 Å². The van der Waals surface area contributed by atoms with E-state index >= 15 is 0 Å². The van der Waals surface area contributed by atoms with Crippen LogP contribution in [-0.4, -0.2) is 39.6 Å². The fourth-order valence-electron chi connectivity index (χ4n) is 2.04. The van der Waals surface area contributed by atoms with Gasteiger partial charge in [0, 0.05) is 12.8 Å². The van der Waals surface area contributed by atoms with Gasteiger partial charge in [-0.3, -0.25) is 9.59 Å². The average Bonchev–Trinajstić information content (AvgIpc) is 2.83. The lowest BCUT2D eigenvalue weighted by Gasteiger charge is -2.42. The Balaban J connectivity index is 2.84. The maximum absolute atomic E-state index is 12.6. The number of hydrogen-bond acceptors (Lipinski definition) is 5. The van der Waals surface area contributed by atoms with E-state index in [2.05, 4.69) is 38.6 Å². The highest BCUT2D eigenvalue weighted by Gasteiger charge is 2.50. The lowest BCUT2D eigenvalue weighted by molar-refractivity contribution is -0.181. The predicted octanol–water partition coefficient (Wildman–Crippen LogP) is 3.04. The van der Waals surface area contributed by atoms with Gasteiger partial charge in [-0.25, -0.2) is 0 Å². The largest absolute Gasteiger partial charge is 0.469 e. The van der Waals surface area contributed by atoms with Crippen LogP contribution in [0.25, 0.3) is 0 Å². The van der Waals surface area contributed by atoms with E-state index in [9.17, 15) is 9.59 Å². The van der Waals surface area contributed by atoms with E-state index in [0.29, 0.717) is 13.0 Å². The van der Waals surface area contributed by atoms with Gasteiger partial charge in [0.05, 0.1) is 20.1 Å². The van der Waals surface area contributed by atoms with Gasteiger partial charge < -0.3 is 13.9 Å². The minimum atomic E-state index is -2.13. The third-order valence-electron chi connectivity index (χ3n) is 4.42. The van der Waals surface area contributed by atoms with Crippen molar-refractivity contribution in [1.82, 2.24) is 0 Å². The zero-order valence-corrected chi connectivity index (χ0v) is 15.1. The summed E-state index contributed by atoms with van der Waals surface area (Å²) in [6.45, 7) is 11.1. The number of esters is 1. The number of Topliss-reactive ketones (excluding diaryl/α,β-unsaturated/α-hetero) is 1. The molecule has 6 heteroatoms. The van der Waals surface area contributed by atoms with Gasteiger partial charge in [0.1, 0.15) is 0 Å². The van der Waals surface area contributed by atoms with Crippen LogP contribution in [0.3, 0.4) is 0 Å². The number of ketones is 1. The molecule has 0 radical (unpaired) electrons. The average molecular weight is 316 g/mol. The van der Waals surface area contributed by atoms with Crippen molar-refractivity contribution in [2.45, 2.75) is 70.4 Å². The van der Waals surface area contributed by atoms with Crippen LogP contribution in [0, 0.1) is 0 Å². The number of carbonyl (C=O) groups excluding carboxylic acids is 2. The highest BCUT2D eigenvalue weighted by atomic mass is 28.4. The van der Waals surface area contributed by atoms with Gasteiger partial charge in [0.25, 0.3) is 0 Å². The zero-order valence-electron chi connectivity index (χ0n) is 14.1. The molecule has 122 valence electrons. The molecule has 1 heterocycles. The van der Waals surface area contributed by atoms with Gasteiger partial charge in [-0.1, -0.05) is 20.8 Å². The number of ether oxygens (including phenoxy) is 2. The maximum Gasteiger partial charge on any atom is 0.305 e. The maximum atomic E-state index is 12.6. The molecule has 1 saturated heterocycles. The number of methoxy groups -OCH3 is 1. The molecule has 0 unspecified atom stereocenters. The summed E-state index contributed by atoms with van der Waals surface area (Å²) >= 11 is 0. The molecule has 0 aromatic heterocycles. The summed E-state index contributed by atoms with van der Waals surface area (Å²) in [5.41, 5.74) is 0. The Morgan fingerprint density at radius 3 is 2.29 bits per heavy atom. The molecule has 0 saturated carbocycles. The molecule has 1 atom stereocenters. The molecule has 1 aliphatic rings. The van der Waals surface area contributed by atoms with E-state index in [4.69, 9.17) is 9.16 Å². The lowest BCUT2D eigenvalue weighted by atomic mass is 10.0. The first-order chi connectivity index (χ1) is 9.54. The lowest BCUT2D eigenvalue weighted by Crippen LogP contribution is -2.53. The normalized spacial score (nSPS) is 23.1. The molecular formula is C15H28O5Si. The van der Waals surface area contributed by atoms with Crippen LogP contribution >= 0.6 is 0 Å². The van der Waals surface area contributed by atoms with Gasteiger partial charge in [0.2, 0.25) is 5.79 Å². The molecule has 0 amide bonds. The van der Waals surface area contributed by atoms with Crippen LogP contribution in [0.5, 0.6) is 0 Å². The second kappa shape index (κ2) is 6.58. The van der Waals surface area contributed by atoms with E-state index in [0.717, 1.165) is 6.42 Å². The smallest absolute Gasteiger partial charge is 0.305 e. The summed E-state index contributed by atoms with van der Waals surface area (Å²) in [7, 11) is -0.811.